The lowest BCUT2D eigenvalue weighted by Gasteiger charge is -2.35. The van der Waals surface area contributed by atoms with Crippen LogP contribution in [0.4, 0.5) is 22.1 Å². The van der Waals surface area contributed by atoms with Crippen molar-refractivity contribution in [1.29, 1.82) is 0 Å². The van der Waals surface area contributed by atoms with Crippen LogP contribution in [0.25, 0.3) is 10.8 Å². The smallest absolute Gasteiger partial charge is 0.409 e. The van der Waals surface area contributed by atoms with E-state index in [4.69, 9.17) is 21.0 Å². The third kappa shape index (κ3) is 7.56. The standard InChI is InChI=1S/C32H32N6O5/c1-4-21-17-22(29(39)37-32(2,3)20-38-13-15-42-16-14-38)19-23(18-21)34-30-33-12-11-28(36-30)43-27-10-9-26(35-31(40)41)24-7-5-6-8-25(24)27/h1,5-12,17-19,35H,13-16,20H2,2-3H3,(H,37,39)(H,40,41)(H,33,34,36). The molecule has 0 atom stereocenters. The van der Waals surface area contributed by atoms with Crippen LogP contribution in [0.1, 0.15) is 29.8 Å². The highest BCUT2D eigenvalue weighted by molar-refractivity contribution is 6.02. The number of aromatic nitrogens is 2. The number of amides is 2. The maximum absolute atomic E-state index is 13.3. The predicted molar refractivity (Wildman–Crippen MR) is 164 cm³/mol. The number of terminal acetylenes is 1. The molecular formula is C32H32N6O5. The maximum atomic E-state index is 13.3. The van der Waals surface area contributed by atoms with Crippen LogP contribution in [0.15, 0.2) is 66.9 Å². The summed E-state index contributed by atoms with van der Waals surface area (Å²) in [7, 11) is 0. The van der Waals surface area contributed by atoms with Gasteiger partial charge in [0.1, 0.15) is 5.75 Å². The van der Waals surface area contributed by atoms with Crippen molar-refractivity contribution in [3.63, 3.8) is 0 Å². The molecule has 0 aliphatic carbocycles. The maximum Gasteiger partial charge on any atom is 0.409 e. The summed E-state index contributed by atoms with van der Waals surface area (Å²) in [6, 6.07) is 17.3. The van der Waals surface area contributed by atoms with Crippen LogP contribution in [0.2, 0.25) is 0 Å². The van der Waals surface area contributed by atoms with Gasteiger partial charge in [0.25, 0.3) is 5.91 Å². The molecule has 220 valence electrons. The summed E-state index contributed by atoms with van der Waals surface area (Å²) in [5.41, 5.74) is 1.43. The van der Waals surface area contributed by atoms with Gasteiger partial charge in [-0.1, -0.05) is 30.2 Å². The number of ether oxygens (including phenoxy) is 2. The van der Waals surface area contributed by atoms with Crippen molar-refractivity contribution < 1.29 is 24.2 Å². The normalized spacial score (nSPS) is 13.6. The number of anilines is 3. The van der Waals surface area contributed by atoms with E-state index in [1.807, 2.05) is 32.0 Å². The molecule has 5 rings (SSSR count). The molecule has 2 amide bonds. The molecule has 0 unspecified atom stereocenters. The Labute approximate surface area is 249 Å². The molecule has 1 saturated heterocycles. The molecule has 4 aromatic rings. The third-order valence-corrected chi connectivity index (χ3v) is 6.76. The number of carbonyl (C=O) groups is 2. The Kier molecular flexibility index (Phi) is 8.71. The topological polar surface area (TPSA) is 138 Å². The molecule has 43 heavy (non-hydrogen) atoms. The monoisotopic (exact) mass is 580 g/mol. The second-order valence-electron chi connectivity index (χ2n) is 10.7. The number of fused-ring (bicyclic) bond motifs is 1. The lowest BCUT2D eigenvalue weighted by atomic mass is 10.0. The zero-order valence-corrected chi connectivity index (χ0v) is 23.9. The van der Waals surface area contributed by atoms with Crippen LogP contribution in [0, 0.1) is 12.3 Å². The highest BCUT2D eigenvalue weighted by Crippen LogP contribution is 2.34. The van der Waals surface area contributed by atoms with Crippen LogP contribution in [0.5, 0.6) is 11.6 Å². The fourth-order valence-electron chi connectivity index (χ4n) is 4.94. The van der Waals surface area contributed by atoms with E-state index in [9.17, 15) is 9.59 Å². The molecule has 1 fully saturated rings. The molecule has 3 aromatic carbocycles. The van der Waals surface area contributed by atoms with E-state index in [0.717, 1.165) is 13.1 Å². The molecule has 0 bridgehead atoms. The van der Waals surface area contributed by atoms with Crippen molar-refractivity contribution in [2.45, 2.75) is 19.4 Å². The SMILES string of the molecule is C#Cc1cc(Nc2nccc(Oc3ccc(NC(=O)O)c4ccccc34)n2)cc(C(=O)NC(C)(C)CN2CCOCC2)c1. The van der Waals surface area contributed by atoms with Crippen molar-refractivity contribution in [1.82, 2.24) is 20.2 Å². The van der Waals surface area contributed by atoms with Crippen molar-refractivity contribution >= 4 is 40.1 Å². The first kappa shape index (κ1) is 29.3. The van der Waals surface area contributed by atoms with Crippen molar-refractivity contribution in [3.05, 3.63) is 78.0 Å². The van der Waals surface area contributed by atoms with Gasteiger partial charge in [0.2, 0.25) is 11.8 Å². The zero-order chi connectivity index (χ0) is 30.4. The van der Waals surface area contributed by atoms with Gasteiger partial charge in [-0.05, 0) is 44.2 Å². The minimum Gasteiger partial charge on any atom is -0.465 e. The van der Waals surface area contributed by atoms with Gasteiger partial charge in [0, 0.05) is 65.0 Å². The Morgan fingerprint density at radius 3 is 2.60 bits per heavy atom. The minimum atomic E-state index is -1.16. The number of rotatable bonds is 9. The summed E-state index contributed by atoms with van der Waals surface area (Å²) in [5.74, 6) is 3.35. The van der Waals surface area contributed by atoms with E-state index in [0.29, 0.717) is 58.8 Å². The van der Waals surface area contributed by atoms with Gasteiger partial charge in [-0.25, -0.2) is 9.78 Å². The molecule has 11 heteroatoms. The van der Waals surface area contributed by atoms with Gasteiger partial charge in [-0.15, -0.1) is 6.42 Å². The number of nitrogens with zero attached hydrogens (tertiary/aromatic N) is 3. The molecule has 4 N–H and O–H groups in total. The van der Waals surface area contributed by atoms with Gasteiger partial charge in [0.05, 0.1) is 18.9 Å². The van der Waals surface area contributed by atoms with Crippen LogP contribution >= 0.6 is 0 Å². The summed E-state index contributed by atoms with van der Waals surface area (Å²) >= 11 is 0. The molecule has 1 aliphatic rings. The van der Waals surface area contributed by atoms with E-state index < -0.39 is 11.6 Å². The van der Waals surface area contributed by atoms with E-state index in [2.05, 4.69) is 36.7 Å². The average Bonchev–Trinajstić information content (AvgIpc) is 2.98. The molecule has 1 aliphatic heterocycles. The quantitative estimate of drug-likeness (QED) is 0.200. The zero-order valence-electron chi connectivity index (χ0n) is 23.9. The minimum absolute atomic E-state index is 0.235. The second kappa shape index (κ2) is 12.8. The summed E-state index contributed by atoms with van der Waals surface area (Å²) in [6.45, 7) is 7.69. The first-order chi connectivity index (χ1) is 20.7. The summed E-state index contributed by atoms with van der Waals surface area (Å²) in [6.07, 6.45) is 6.09. The van der Waals surface area contributed by atoms with E-state index in [1.165, 1.54) is 0 Å². The first-order valence-corrected chi connectivity index (χ1v) is 13.7. The Morgan fingerprint density at radius 1 is 1.09 bits per heavy atom. The molecule has 0 spiro atoms. The lowest BCUT2D eigenvalue weighted by Crippen LogP contribution is -2.53. The van der Waals surface area contributed by atoms with Crippen LogP contribution in [-0.2, 0) is 4.74 Å². The number of carboxylic acid groups (broad SMARTS) is 1. The van der Waals surface area contributed by atoms with Crippen LogP contribution < -0.4 is 20.7 Å². The van der Waals surface area contributed by atoms with E-state index in [1.54, 1.807) is 48.7 Å². The van der Waals surface area contributed by atoms with Crippen molar-refractivity contribution in [2.75, 3.05) is 43.5 Å². The molecule has 1 aromatic heterocycles. The third-order valence-electron chi connectivity index (χ3n) is 6.76. The van der Waals surface area contributed by atoms with Crippen molar-refractivity contribution in [3.8, 4) is 24.0 Å². The highest BCUT2D eigenvalue weighted by atomic mass is 16.5. The molecule has 0 radical (unpaired) electrons. The Balaban J connectivity index is 1.33. The summed E-state index contributed by atoms with van der Waals surface area (Å²) in [4.78, 5) is 35.5. The van der Waals surface area contributed by atoms with Gasteiger partial charge >= 0.3 is 6.09 Å². The Bertz CT molecular complexity index is 1690. The number of morpholine rings is 1. The van der Waals surface area contributed by atoms with Gasteiger partial charge in [-0.2, -0.15) is 4.98 Å². The molecule has 2 heterocycles. The number of hydrogen-bond acceptors (Lipinski definition) is 8. The van der Waals surface area contributed by atoms with Crippen molar-refractivity contribution in [2.24, 2.45) is 0 Å². The number of benzene rings is 3. The number of carbonyl (C=O) groups excluding carboxylic acids is 1. The summed E-state index contributed by atoms with van der Waals surface area (Å²) in [5, 5.41) is 19.2. The predicted octanol–water partition coefficient (Wildman–Crippen LogP) is 5.08. The Morgan fingerprint density at radius 2 is 1.86 bits per heavy atom. The highest BCUT2D eigenvalue weighted by Gasteiger charge is 2.26. The fraction of sp³-hybridized carbons (Fsp3) is 0.250. The van der Waals surface area contributed by atoms with Crippen LogP contribution in [0.3, 0.4) is 0 Å². The molecular weight excluding hydrogens is 548 g/mol. The first-order valence-electron chi connectivity index (χ1n) is 13.7. The lowest BCUT2D eigenvalue weighted by molar-refractivity contribution is 0.0269. The largest absolute Gasteiger partial charge is 0.465 e. The van der Waals surface area contributed by atoms with Gasteiger partial charge in [-0.3, -0.25) is 15.0 Å². The number of hydrogen-bond donors (Lipinski definition) is 4. The van der Waals surface area contributed by atoms with Gasteiger partial charge < -0.3 is 25.2 Å². The average molecular weight is 581 g/mol. The molecule has 0 saturated carbocycles. The Hall–Kier alpha value is -5.18. The van der Waals surface area contributed by atoms with Crippen LogP contribution in [-0.4, -0.2) is 70.4 Å². The molecule has 11 nitrogen and oxygen atoms in total. The number of nitrogens with one attached hydrogen (secondary N) is 3. The fourth-order valence-corrected chi connectivity index (χ4v) is 4.94. The van der Waals surface area contributed by atoms with E-state index >= 15 is 0 Å². The second-order valence-corrected chi connectivity index (χ2v) is 10.7. The van der Waals surface area contributed by atoms with E-state index in [-0.39, 0.29) is 17.7 Å². The summed E-state index contributed by atoms with van der Waals surface area (Å²) < 4.78 is 11.5. The van der Waals surface area contributed by atoms with Gasteiger partial charge in [0.15, 0.2) is 0 Å².